The first-order valence-electron chi connectivity index (χ1n) is 4.27. The Bertz CT molecular complexity index is 465. The third-order valence-electron chi connectivity index (χ3n) is 2.03. The summed E-state index contributed by atoms with van der Waals surface area (Å²) in [5.41, 5.74) is 3.31. The summed E-state index contributed by atoms with van der Waals surface area (Å²) >= 11 is 3.97. The van der Waals surface area contributed by atoms with E-state index in [0.29, 0.717) is 11.1 Å². The zero-order chi connectivity index (χ0) is 10.1. The van der Waals surface area contributed by atoms with Crippen LogP contribution in [-0.2, 0) is 0 Å². The Labute approximate surface area is 87.6 Å². The number of aromatic nitrogens is 2. The molecule has 0 aliphatic rings. The minimum absolute atomic E-state index is 0.292. The van der Waals surface area contributed by atoms with Crippen molar-refractivity contribution in [2.45, 2.75) is 19.1 Å². The van der Waals surface area contributed by atoms with Crippen molar-refractivity contribution in [3.63, 3.8) is 0 Å². The van der Waals surface area contributed by atoms with Gasteiger partial charge in [-0.25, -0.2) is 0 Å². The number of hydrogen-bond donors (Lipinski definition) is 1. The van der Waals surface area contributed by atoms with E-state index in [1.54, 1.807) is 0 Å². The summed E-state index contributed by atoms with van der Waals surface area (Å²) in [6.45, 7) is 4.07. The van der Waals surface area contributed by atoms with Gasteiger partial charge in [-0.15, -0.1) is 10.2 Å². The van der Waals surface area contributed by atoms with Crippen molar-refractivity contribution in [3.05, 3.63) is 29.3 Å². The predicted molar refractivity (Wildman–Crippen MR) is 56.5 cm³/mol. The van der Waals surface area contributed by atoms with Crippen LogP contribution in [0, 0.1) is 13.8 Å². The molecule has 0 atom stereocenters. The van der Waals surface area contributed by atoms with E-state index in [1.165, 1.54) is 5.56 Å². The lowest BCUT2D eigenvalue weighted by molar-refractivity contribution is 0.468. The fraction of sp³-hybridized carbons (Fsp3) is 0.200. The van der Waals surface area contributed by atoms with Crippen LogP contribution in [0.25, 0.3) is 11.5 Å². The Morgan fingerprint density at radius 1 is 1.21 bits per heavy atom. The molecule has 0 aliphatic carbocycles. The van der Waals surface area contributed by atoms with Gasteiger partial charge in [-0.1, -0.05) is 30.3 Å². The van der Waals surface area contributed by atoms with Crippen molar-refractivity contribution >= 4 is 12.6 Å². The highest BCUT2D eigenvalue weighted by molar-refractivity contribution is 7.80. The molecule has 1 heterocycles. The Kier molecular flexibility index (Phi) is 2.29. The molecule has 72 valence electrons. The first-order valence-corrected chi connectivity index (χ1v) is 4.71. The maximum atomic E-state index is 5.23. The van der Waals surface area contributed by atoms with Crippen molar-refractivity contribution in [1.82, 2.24) is 10.2 Å². The summed E-state index contributed by atoms with van der Waals surface area (Å²) < 4.78 is 5.23. The number of thiol groups is 1. The van der Waals surface area contributed by atoms with E-state index in [2.05, 4.69) is 35.8 Å². The van der Waals surface area contributed by atoms with Gasteiger partial charge in [0.05, 0.1) is 0 Å². The Morgan fingerprint density at radius 3 is 2.57 bits per heavy atom. The number of hydrogen-bond acceptors (Lipinski definition) is 4. The maximum absolute atomic E-state index is 5.23. The van der Waals surface area contributed by atoms with Gasteiger partial charge in [0.25, 0.3) is 5.22 Å². The van der Waals surface area contributed by atoms with Gasteiger partial charge in [0, 0.05) is 5.56 Å². The van der Waals surface area contributed by atoms with Crippen LogP contribution in [0.1, 0.15) is 11.1 Å². The van der Waals surface area contributed by atoms with Gasteiger partial charge in [0.15, 0.2) is 0 Å². The van der Waals surface area contributed by atoms with E-state index < -0.39 is 0 Å². The SMILES string of the molecule is Cc1ccc(-c2nnc(S)o2)c(C)c1. The van der Waals surface area contributed by atoms with Gasteiger partial charge in [-0.3, -0.25) is 0 Å². The van der Waals surface area contributed by atoms with E-state index in [9.17, 15) is 0 Å². The van der Waals surface area contributed by atoms with Gasteiger partial charge in [0.1, 0.15) is 0 Å². The zero-order valence-electron chi connectivity index (χ0n) is 7.98. The predicted octanol–water partition coefficient (Wildman–Crippen LogP) is 2.64. The molecule has 2 aromatic rings. The average Bonchev–Trinajstić information content (AvgIpc) is 2.51. The molecule has 0 aliphatic heterocycles. The second kappa shape index (κ2) is 3.46. The van der Waals surface area contributed by atoms with E-state index in [1.807, 2.05) is 19.1 Å². The third kappa shape index (κ3) is 1.65. The molecule has 0 saturated carbocycles. The van der Waals surface area contributed by atoms with Crippen molar-refractivity contribution in [2.75, 3.05) is 0 Å². The summed E-state index contributed by atoms with van der Waals surface area (Å²) in [5, 5.41) is 7.88. The highest BCUT2D eigenvalue weighted by Gasteiger charge is 2.08. The monoisotopic (exact) mass is 206 g/mol. The number of aryl methyl sites for hydroxylation is 2. The fourth-order valence-electron chi connectivity index (χ4n) is 1.38. The Balaban J connectivity index is 2.52. The van der Waals surface area contributed by atoms with Gasteiger partial charge in [0.2, 0.25) is 5.89 Å². The smallest absolute Gasteiger partial charge is 0.273 e. The van der Waals surface area contributed by atoms with Gasteiger partial charge in [-0.05, 0) is 25.5 Å². The topological polar surface area (TPSA) is 38.9 Å². The van der Waals surface area contributed by atoms with E-state index in [0.717, 1.165) is 11.1 Å². The van der Waals surface area contributed by atoms with Crippen LogP contribution in [0.3, 0.4) is 0 Å². The lowest BCUT2D eigenvalue weighted by Crippen LogP contribution is -1.84. The van der Waals surface area contributed by atoms with Gasteiger partial charge in [-0.2, -0.15) is 0 Å². The van der Waals surface area contributed by atoms with Crippen molar-refractivity contribution in [3.8, 4) is 11.5 Å². The van der Waals surface area contributed by atoms with Crippen LogP contribution in [-0.4, -0.2) is 10.2 Å². The van der Waals surface area contributed by atoms with Crippen LogP contribution in [0.2, 0.25) is 0 Å². The summed E-state index contributed by atoms with van der Waals surface area (Å²) in [6, 6.07) is 6.08. The summed E-state index contributed by atoms with van der Waals surface area (Å²) in [7, 11) is 0. The van der Waals surface area contributed by atoms with Crippen LogP contribution in [0.4, 0.5) is 0 Å². The molecule has 1 aromatic heterocycles. The zero-order valence-corrected chi connectivity index (χ0v) is 8.88. The summed E-state index contributed by atoms with van der Waals surface area (Å²) in [4.78, 5) is 0. The summed E-state index contributed by atoms with van der Waals surface area (Å²) in [5.74, 6) is 0.521. The first-order chi connectivity index (χ1) is 6.66. The molecule has 0 saturated heterocycles. The molecule has 0 fully saturated rings. The van der Waals surface area contributed by atoms with Gasteiger partial charge < -0.3 is 4.42 Å². The largest absolute Gasteiger partial charge is 0.411 e. The number of nitrogens with zero attached hydrogens (tertiary/aromatic N) is 2. The van der Waals surface area contributed by atoms with Crippen LogP contribution < -0.4 is 0 Å². The molecule has 1 aromatic carbocycles. The molecule has 14 heavy (non-hydrogen) atoms. The van der Waals surface area contributed by atoms with Crippen LogP contribution >= 0.6 is 12.6 Å². The molecule has 0 amide bonds. The number of benzene rings is 1. The average molecular weight is 206 g/mol. The molecule has 0 spiro atoms. The lowest BCUT2D eigenvalue weighted by atomic mass is 10.1. The minimum atomic E-state index is 0.292. The van der Waals surface area contributed by atoms with Crippen molar-refractivity contribution in [2.24, 2.45) is 0 Å². The fourth-order valence-corrected chi connectivity index (χ4v) is 1.51. The molecule has 3 nitrogen and oxygen atoms in total. The molecule has 4 heteroatoms. The number of rotatable bonds is 1. The molecule has 0 N–H and O–H groups in total. The maximum Gasteiger partial charge on any atom is 0.273 e. The normalized spacial score (nSPS) is 10.5. The minimum Gasteiger partial charge on any atom is -0.411 e. The summed E-state index contributed by atoms with van der Waals surface area (Å²) in [6.07, 6.45) is 0. The molecule has 0 radical (unpaired) electrons. The first kappa shape index (κ1) is 9.27. The third-order valence-corrected chi connectivity index (χ3v) is 2.21. The second-order valence-electron chi connectivity index (χ2n) is 3.21. The second-order valence-corrected chi connectivity index (χ2v) is 3.59. The molecule has 0 bridgehead atoms. The molecule has 2 rings (SSSR count). The molecule has 0 unspecified atom stereocenters. The van der Waals surface area contributed by atoms with Crippen LogP contribution in [0.15, 0.2) is 27.8 Å². The van der Waals surface area contributed by atoms with E-state index in [4.69, 9.17) is 4.42 Å². The molecular weight excluding hydrogens is 196 g/mol. The van der Waals surface area contributed by atoms with Crippen molar-refractivity contribution < 1.29 is 4.42 Å². The Hall–Kier alpha value is -1.29. The lowest BCUT2D eigenvalue weighted by Gasteiger charge is -2.01. The standard InChI is InChI=1S/C10H10N2OS/c1-6-3-4-8(7(2)5-6)9-11-12-10(14)13-9/h3-5H,1-2H3,(H,12,14). The molecular formula is C10H10N2OS. The van der Waals surface area contributed by atoms with Crippen LogP contribution in [0.5, 0.6) is 0 Å². The highest BCUT2D eigenvalue weighted by Crippen LogP contribution is 2.23. The van der Waals surface area contributed by atoms with E-state index in [-0.39, 0.29) is 0 Å². The van der Waals surface area contributed by atoms with Gasteiger partial charge >= 0.3 is 0 Å². The van der Waals surface area contributed by atoms with E-state index >= 15 is 0 Å². The quantitative estimate of drug-likeness (QED) is 0.729. The Morgan fingerprint density at radius 2 is 2.00 bits per heavy atom. The highest BCUT2D eigenvalue weighted by atomic mass is 32.1. The van der Waals surface area contributed by atoms with Crippen molar-refractivity contribution in [1.29, 1.82) is 0 Å².